The fourth-order valence-electron chi connectivity index (χ4n) is 2.66. The number of amides is 1. The van der Waals surface area contributed by atoms with E-state index >= 15 is 0 Å². The van der Waals surface area contributed by atoms with E-state index in [1.165, 1.54) is 12.1 Å². The van der Waals surface area contributed by atoms with Crippen molar-refractivity contribution in [3.05, 3.63) is 89.2 Å². The van der Waals surface area contributed by atoms with E-state index in [0.29, 0.717) is 33.2 Å². The van der Waals surface area contributed by atoms with Gasteiger partial charge in [-0.3, -0.25) is 4.79 Å². The highest BCUT2D eigenvalue weighted by Gasteiger charge is 2.17. The van der Waals surface area contributed by atoms with Gasteiger partial charge in [-0.25, -0.2) is 4.39 Å². The SMILES string of the molecule is O=C(Nc1ccccc1-c1nc(-c2ccc(F)cc2)no1)c1ccccc1Cl. The molecule has 0 aliphatic carbocycles. The number of aromatic nitrogens is 2. The van der Waals surface area contributed by atoms with Gasteiger partial charge in [0.25, 0.3) is 11.8 Å². The minimum absolute atomic E-state index is 0.231. The average Bonchev–Trinajstić information content (AvgIpc) is 3.19. The molecule has 4 aromatic rings. The molecule has 0 fully saturated rings. The van der Waals surface area contributed by atoms with E-state index in [1.54, 1.807) is 60.7 Å². The van der Waals surface area contributed by atoms with Crippen LogP contribution in [-0.2, 0) is 0 Å². The topological polar surface area (TPSA) is 68.0 Å². The van der Waals surface area contributed by atoms with Crippen molar-refractivity contribution in [1.29, 1.82) is 0 Å². The van der Waals surface area contributed by atoms with Gasteiger partial charge < -0.3 is 9.84 Å². The van der Waals surface area contributed by atoms with E-state index < -0.39 is 0 Å². The normalized spacial score (nSPS) is 10.6. The van der Waals surface area contributed by atoms with Crippen molar-refractivity contribution in [3.63, 3.8) is 0 Å². The summed E-state index contributed by atoms with van der Waals surface area (Å²) < 4.78 is 18.5. The third-order valence-corrected chi connectivity index (χ3v) is 4.38. The highest BCUT2D eigenvalue weighted by Crippen LogP contribution is 2.29. The molecule has 3 aromatic carbocycles. The van der Waals surface area contributed by atoms with Crippen molar-refractivity contribution in [2.24, 2.45) is 0 Å². The number of anilines is 1. The number of nitrogens with zero attached hydrogens (tertiary/aromatic N) is 2. The maximum Gasteiger partial charge on any atom is 0.260 e. The summed E-state index contributed by atoms with van der Waals surface area (Å²) in [5.41, 5.74) is 2.04. The summed E-state index contributed by atoms with van der Waals surface area (Å²) in [5, 5.41) is 7.12. The van der Waals surface area contributed by atoms with Crippen LogP contribution in [0.2, 0.25) is 5.02 Å². The van der Waals surface area contributed by atoms with Gasteiger partial charge >= 0.3 is 0 Å². The van der Waals surface area contributed by atoms with Gasteiger partial charge in [-0.2, -0.15) is 4.98 Å². The Morgan fingerprint density at radius 1 is 0.964 bits per heavy atom. The third kappa shape index (κ3) is 3.63. The lowest BCUT2D eigenvalue weighted by Crippen LogP contribution is -2.13. The lowest BCUT2D eigenvalue weighted by molar-refractivity contribution is 0.102. The van der Waals surface area contributed by atoms with E-state index in [1.807, 2.05) is 0 Å². The van der Waals surface area contributed by atoms with Gasteiger partial charge in [-0.1, -0.05) is 41.0 Å². The summed E-state index contributed by atoms with van der Waals surface area (Å²) in [6, 6.07) is 19.6. The number of benzene rings is 3. The molecule has 0 saturated carbocycles. The number of carbonyl (C=O) groups excluding carboxylic acids is 1. The van der Waals surface area contributed by atoms with Crippen molar-refractivity contribution in [1.82, 2.24) is 10.1 Å². The molecule has 1 N–H and O–H groups in total. The quantitative estimate of drug-likeness (QED) is 0.500. The molecule has 0 unspecified atom stereocenters. The fraction of sp³-hybridized carbons (Fsp3) is 0. The molecule has 0 radical (unpaired) electrons. The van der Waals surface area contributed by atoms with Gasteiger partial charge in [0.15, 0.2) is 0 Å². The largest absolute Gasteiger partial charge is 0.334 e. The number of rotatable bonds is 4. The van der Waals surface area contributed by atoms with Crippen molar-refractivity contribution >= 4 is 23.2 Å². The molecule has 138 valence electrons. The summed E-state index contributed by atoms with van der Waals surface area (Å²) in [5.74, 6) is -0.145. The van der Waals surface area contributed by atoms with Crippen LogP contribution in [0.5, 0.6) is 0 Å². The molecule has 7 heteroatoms. The molecule has 0 spiro atoms. The van der Waals surface area contributed by atoms with Crippen LogP contribution in [0.4, 0.5) is 10.1 Å². The molecular weight excluding hydrogens is 381 g/mol. The Morgan fingerprint density at radius 3 is 2.46 bits per heavy atom. The molecule has 1 heterocycles. The molecular formula is C21H13ClFN3O2. The molecule has 0 aliphatic heterocycles. The second kappa shape index (κ2) is 7.62. The standard InChI is InChI=1S/C21H13ClFN3O2/c22-17-7-3-1-5-15(17)20(27)24-18-8-4-2-6-16(18)21-25-19(26-28-21)13-9-11-14(23)12-10-13/h1-12H,(H,24,27). The van der Waals surface area contributed by atoms with Gasteiger partial charge in [0.05, 0.1) is 21.8 Å². The van der Waals surface area contributed by atoms with E-state index in [-0.39, 0.29) is 17.6 Å². The predicted octanol–water partition coefficient (Wildman–Crippen LogP) is 5.45. The monoisotopic (exact) mass is 393 g/mol. The fourth-order valence-corrected chi connectivity index (χ4v) is 2.88. The van der Waals surface area contributed by atoms with Crippen LogP contribution in [0.1, 0.15) is 10.4 Å². The van der Waals surface area contributed by atoms with Crippen LogP contribution in [0.15, 0.2) is 77.3 Å². The lowest BCUT2D eigenvalue weighted by Gasteiger charge is -2.09. The number of hydrogen-bond acceptors (Lipinski definition) is 4. The summed E-state index contributed by atoms with van der Waals surface area (Å²) in [6.45, 7) is 0. The van der Waals surface area contributed by atoms with Crippen LogP contribution in [-0.4, -0.2) is 16.0 Å². The Balaban J connectivity index is 1.64. The van der Waals surface area contributed by atoms with Gasteiger partial charge in [0, 0.05) is 5.56 Å². The smallest absolute Gasteiger partial charge is 0.260 e. The first-order valence-electron chi connectivity index (χ1n) is 8.37. The zero-order valence-corrected chi connectivity index (χ0v) is 15.2. The highest BCUT2D eigenvalue weighted by atomic mass is 35.5. The third-order valence-electron chi connectivity index (χ3n) is 4.05. The number of carbonyl (C=O) groups is 1. The molecule has 0 bridgehead atoms. The van der Waals surface area contributed by atoms with Crippen molar-refractivity contribution in [2.75, 3.05) is 5.32 Å². The first-order valence-corrected chi connectivity index (χ1v) is 8.74. The van der Waals surface area contributed by atoms with E-state index in [0.717, 1.165) is 0 Å². The molecule has 5 nitrogen and oxygen atoms in total. The lowest BCUT2D eigenvalue weighted by atomic mass is 10.1. The van der Waals surface area contributed by atoms with Crippen LogP contribution < -0.4 is 5.32 Å². The van der Waals surface area contributed by atoms with Crippen molar-refractivity contribution in [3.8, 4) is 22.8 Å². The zero-order chi connectivity index (χ0) is 19.5. The van der Waals surface area contributed by atoms with Crippen molar-refractivity contribution in [2.45, 2.75) is 0 Å². The Labute approximate surface area is 164 Å². The van der Waals surface area contributed by atoms with E-state index in [2.05, 4.69) is 15.5 Å². The maximum absolute atomic E-state index is 13.1. The number of halogens is 2. The first kappa shape index (κ1) is 17.9. The molecule has 1 aromatic heterocycles. The summed E-state index contributed by atoms with van der Waals surface area (Å²) >= 11 is 6.10. The summed E-state index contributed by atoms with van der Waals surface area (Å²) in [4.78, 5) is 16.9. The Morgan fingerprint density at radius 2 is 1.68 bits per heavy atom. The molecule has 1 amide bonds. The van der Waals surface area contributed by atoms with Crippen LogP contribution >= 0.6 is 11.6 Å². The van der Waals surface area contributed by atoms with Gasteiger partial charge in [0.2, 0.25) is 5.82 Å². The van der Waals surface area contributed by atoms with E-state index in [4.69, 9.17) is 16.1 Å². The minimum atomic E-state index is -0.351. The van der Waals surface area contributed by atoms with Gasteiger partial charge in [-0.15, -0.1) is 0 Å². The maximum atomic E-state index is 13.1. The highest BCUT2D eigenvalue weighted by molar-refractivity contribution is 6.34. The molecule has 4 rings (SSSR count). The average molecular weight is 394 g/mol. The molecule has 0 aliphatic rings. The van der Waals surface area contributed by atoms with Crippen LogP contribution in [0.3, 0.4) is 0 Å². The first-order chi connectivity index (χ1) is 13.6. The van der Waals surface area contributed by atoms with Crippen molar-refractivity contribution < 1.29 is 13.7 Å². The zero-order valence-electron chi connectivity index (χ0n) is 14.4. The number of para-hydroxylation sites is 1. The second-order valence-corrected chi connectivity index (χ2v) is 6.32. The van der Waals surface area contributed by atoms with E-state index in [9.17, 15) is 9.18 Å². The summed E-state index contributed by atoms with van der Waals surface area (Å²) in [7, 11) is 0. The number of hydrogen-bond donors (Lipinski definition) is 1. The molecule has 0 atom stereocenters. The number of nitrogens with one attached hydrogen (secondary N) is 1. The Hall–Kier alpha value is -3.51. The molecule has 0 saturated heterocycles. The van der Waals surface area contributed by atoms with Crippen LogP contribution in [0.25, 0.3) is 22.8 Å². The minimum Gasteiger partial charge on any atom is -0.334 e. The summed E-state index contributed by atoms with van der Waals surface area (Å²) in [6.07, 6.45) is 0. The molecule has 28 heavy (non-hydrogen) atoms. The van der Waals surface area contributed by atoms with Gasteiger partial charge in [0.1, 0.15) is 5.82 Å². The van der Waals surface area contributed by atoms with Gasteiger partial charge in [-0.05, 0) is 48.5 Å². The predicted molar refractivity (Wildman–Crippen MR) is 105 cm³/mol. The Bertz CT molecular complexity index is 1140. The Kier molecular flexibility index (Phi) is 4.87. The second-order valence-electron chi connectivity index (χ2n) is 5.91. The van der Waals surface area contributed by atoms with Crippen LogP contribution in [0, 0.1) is 5.82 Å².